The molecule has 0 aliphatic carbocycles. The number of para-hydroxylation sites is 2. The molecule has 1 N–H and O–H groups in total. The van der Waals surface area contributed by atoms with Gasteiger partial charge in [-0.3, -0.25) is 14.5 Å². The Labute approximate surface area is 208 Å². The maximum absolute atomic E-state index is 13.9. The Balaban J connectivity index is 1.71. The Morgan fingerprint density at radius 3 is 2.28 bits per heavy atom. The average Bonchev–Trinajstić information content (AvgIpc) is 3.42. The molecule has 182 valence electrons. The number of fused-ring (bicyclic) bond motifs is 1. The van der Waals surface area contributed by atoms with Gasteiger partial charge in [0, 0.05) is 16.6 Å². The molecule has 36 heavy (non-hydrogen) atoms. The summed E-state index contributed by atoms with van der Waals surface area (Å²) < 4.78 is 16.8. The van der Waals surface area contributed by atoms with Crippen LogP contribution in [0.15, 0.2) is 82.5 Å². The highest BCUT2D eigenvalue weighted by molar-refractivity contribution is 6.21. The van der Waals surface area contributed by atoms with Gasteiger partial charge in [-0.05, 0) is 55.3 Å². The van der Waals surface area contributed by atoms with Crippen LogP contribution in [0.1, 0.15) is 33.3 Å². The van der Waals surface area contributed by atoms with Crippen LogP contribution in [0.3, 0.4) is 0 Å². The smallest absolute Gasteiger partial charge is 0.294 e. The van der Waals surface area contributed by atoms with Gasteiger partial charge in [-0.15, -0.1) is 0 Å². The fourth-order valence-electron chi connectivity index (χ4n) is 4.82. The van der Waals surface area contributed by atoms with Crippen LogP contribution in [-0.4, -0.2) is 31.0 Å². The van der Waals surface area contributed by atoms with E-state index in [9.17, 15) is 14.7 Å². The summed E-state index contributed by atoms with van der Waals surface area (Å²) in [7, 11) is 3.04. The van der Waals surface area contributed by atoms with Crippen LogP contribution in [0.4, 0.5) is 5.69 Å². The van der Waals surface area contributed by atoms with Gasteiger partial charge < -0.3 is 19.0 Å². The summed E-state index contributed by atoms with van der Waals surface area (Å²) in [5.74, 6) is -0.940. The van der Waals surface area contributed by atoms with Crippen LogP contribution in [0.5, 0.6) is 11.5 Å². The normalized spacial score (nSPS) is 15.6. The average molecular weight is 484 g/mol. The second-order valence-corrected chi connectivity index (χ2v) is 8.75. The molecule has 2 heterocycles. The van der Waals surface area contributed by atoms with E-state index < -0.39 is 23.5 Å². The maximum atomic E-state index is 13.9. The van der Waals surface area contributed by atoms with Crippen molar-refractivity contribution in [3.8, 4) is 11.5 Å². The van der Waals surface area contributed by atoms with E-state index in [1.807, 2.05) is 32.0 Å². The van der Waals surface area contributed by atoms with Crippen molar-refractivity contribution in [2.45, 2.75) is 19.9 Å². The van der Waals surface area contributed by atoms with Crippen LogP contribution in [0, 0.1) is 13.8 Å². The molecule has 0 radical (unpaired) electrons. The standard InChI is InChI=1S/C29H25NO6/c1-16-12-17(2)14-19(13-16)30-25(20-9-5-6-10-21(20)34-3)24(27(32)29(30)33)26(31)23-15-18-8-7-11-22(35-4)28(18)36-23/h5-15,25,32H,1-4H3. The van der Waals surface area contributed by atoms with E-state index in [-0.39, 0.29) is 11.3 Å². The molecule has 0 saturated carbocycles. The summed E-state index contributed by atoms with van der Waals surface area (Å²) in [4.78, 5) is 28.8. The summed E-state index contributed by atoms with van der Waals surface area (Å²) >= 11 is 0. The predicted molar refractivity (Wildman–Crippen MR) is 136 cm³/mol. The Morgan fingerprint density at radius 2 is 1.58 bits per heavy atom. The lowest BCUT2D eigenvalue weighted by atomic mass is 9.93. The number of benzene rings is 3. The van der Waals surface area contributed by atoms with Crippen LogP contribution in [0.25, 0.3) is 11.0 Å². The van der Waals surface area contributed by atoms with Gasteiger partial charge in [0.05, 0.1) is 25.8 Å². The molecule has 1 aliphatic heterocycles. The SMILES string of the molecule is COc1ccccc1C1C(C(=O)c2cc3cccc(OC)c3o2)=C(O)C(=O)N1c1cc(C)cc(C)c1. The van der Waals surface area contributed by atoms with E-state index >= 15 is 0 Å². The first-order valence-corrected chi connectivity index (χ1v) is 11.4. The zero-order valence-corrected chi connectivity index (χ0v) is 20.4. The van der Waals surface area contributed by atoms with E-state index in [4.69, 9.17) is 13.9 Å². The molecule has 7 heteroatoms. The second kappa shape index (κ2) is 8.92. The van der Waals surface area contributed by atoms with Crippen molar-refractivity contribution in [2.75, 3.05) is 19.1 Å². The minimum absolute atomic E-state index is 0.00831. The number of furan rings is 1. The molecule has 1 aliphatic rings. The van der Waals surface area contributed by atoms with Gasteiger partial charge in [0.15, 0.2) is 22.9 Å². The maximum Gasteiger partial charge on any atom is 0.294 e. The number of ketones is 1. The molecule has 1 aromatic heterocycles. The Morgan fingerprint density at radius 1 is 0.917 bits per heavy atom. The van der Waals surface area contributed by atoms with Crippen molar-refractivity contribution in [1.82, 2.24) is 0 Å². The molecule has 4 aromatic rings. The van der Waals surface area contributed by atoms with Crippen LogP contribution in [-0.2, 0) is 4.79 Å². The number of aryl methyl sites for hydroxylation is 2. The summed E-state index contributed by atoms with van der Waals surface area (Å²) in [5.41, 5.74) is 3.34. The first-order valence-electron chi connectivity index (χ1n) is 11.4. The predicted octanol–water partition coefficient (Wildman–Crippen LogP) is 5.85. The van der Waals surface area contributed by atoms with E-state index in [1.54, 1.807) is 48.5 Å². The highest BCUT2D eigenvalue weighted by atomic mass is 16.5. The van der Waals surface area contributed by atoms with E-state index in [0.29, 0.717) is 33.7 Å². The lowest BCUT2D eigenvalue weighted by Gasteiger charge is -2.28. The number of Topliss-reactive ketones (excluding diaryl/α,β-unsaturated/α-hetero) is 1. The van der Waals surface area contributed by atoms with E-state index in [2.05, 4.69) is 0 Å². The minimum atomic E-state index is -0.933. The summed E-state index contributed by atoms with van der Waals surface area (Å²) in [6, 6.07) is 18.8. The molecular weight excluding hydrogens is 458 g/mol. The number of anilines is 1. The number of aliphatic hydroxyl groups excluding tert-OH is 1. The summed E-state index contributed by atoms with van der Waals surface area (Å²) in [6.07, 6.45) is 0. The first-order chi connectivity index (χ1) is 17.3. The lowest BCUT2D eigenvalue weighted by Crippen LogP contribution is -2.31. The third-order valence-corrected chi connectivity index (χ3v) is 6.32. The fraction of sp³-hybridized carbons (Fsp3) is 0.172. The molecule has 0 spiro atoms. The molecule has 1 atom stereocenters. The van der Waals surface area contributed by atoms with Crippen molar-refractivity contribution < 1.29 is 28.6 Å². The molecular formula is C29H25NO6. The molecule has 0 bridgehead atoms. The number of carbonyl (C=O) groups excluding carboxylic acids is 2. The highest BCUT2D eigenvalue weighted by Crippen LogP contribution is 2.45. The Bertz CT molecular complexity index is 1530. The number of aliphatic hydroxyl groups is 1. The molecule has 0 fully saturated rings. The number of hydrogen-bond acceptors (Lipinski definition) is 6. The number of rotatable bonds is 6. The van der Waals surface area contributed by atoms with Crippen LogP contribution >= 0.6 is 0 Å². The van der Waals surface area contributed by atoms with E-state index in [0.717, 1.165) is 11.1 Å². The molecule has 0 saturated heterocycles. The Kier molecular flexibility index (Phi) is 5.76. The molecule has 1 amide bonds. The monoisotopic (exact) mass is 483 g/mol. The van der Waals surface area contributed by atoms with Crippen LogP contribution < -0.4 is 14.4 Å². The van der Waals surface area contributed by atoms with Crippen molar-refractivity contribution in [1.29, 1.82) is 0 Å². The second-order valence-electron chi connectivity index (χ2n) is 8.75. The molecule has 5 rings (SSSR count). The number of carbonyl (C=O) groups is 2. The van der Waals surface area contributed by atoms with Gasteiger partial charge in [-0.25, -0.2) is 0 Å². The van der Waals surface area contributed by atoms with Gasteiger partial charge in [-0.2, -0.15) is 0 Å². The topological polar surface area (TPSA) is 89.2 Å². The largest absolute Gasteiger partial charge is 0.503 e. The summed E-state index contributed by atoms with van der Waals surface area (Å²) in [5, 5.41) is 11.8. The van der Waals surface area contributed by atoms with Gasteiger partial charge in [-0.1, -0.05) is 36.4 Å². The van der Waals surface area contributed by atoms with Gasteiger partial charge in [0.1, 0.15) is 5.75 Å². The molecule has 3 aromatic carbocycles. The van der Waals surface area contributed by atoms with Crippen LogP contribution in [0.2, 0.25) is 0 Å². The molecule has 1 unspecified atom stereocenters. The van der Waals surface area contributed by atoms with Gasteiger partial charge in [0.25, 0.3) is 5.91 Å². The zero-order chi connectivity index (χ0) is 25.6. The molecule has 7 nitrogen and oxygen atoms in total. The van der Waals surface area contributed by atoms with Gasteiger partial charge in [0.2, 0.25) is 5.78 Å². The van der Waals surface area contributed by atoms with E-state index in [1.165, 1.54) is 19.1 Å². The minimum Gasteiger partial charge on any atom is -0.503 e. The third kappa shape index (κ3) is 3.69. The number of hydrogen-bond donors (Lipinski definition) is 1. The number of methoxy groups -OCH3 is 2. The number of ether oxygens (including phenoxy) is 2. The zero-order valence-electron chi connectivity index (χ0n) is 20.4. The van der Waals surface area contributed by atoms with Crippen molar-refractivity contribution in [3.05, 3.63) is 101 Å². The third-order valence-electron chi connectivity index (χ3n) is 6.32. The lowest BCUT2D eigenvalue weighted by molar-refractivity contribution is -0.117. The van der Waals surface area contributed by atoms with Crippen molar-refractivity contribution in [3.63, 3.8) is 0 Å². The quantitative estimate of drug-likeness (QED) is 0.346. The highest BCUT2D eigenvalue weighted by Gasteiger charge is 2.46. The number of amides is 1. The van der Waals surface area contributed by atoms with Gasteiger partial charge >= 0.3 is 0 Å². The Hall–Kier alpha value is -4.52. The first kappa shape index (κ1) is 23.2. The van der Waals surface area contributed by atoms with Crippen molar-refractivity contribution >= 4 is 28.3 Å². The summed E-state index contributed by atoms with van der Waals surface area (Å²) in [6.45, 7) is 3.85. The fourth-order valence-corrected chi connectivity index (χ4v) is 4.82. The van der Waals surface area contributed by atoms with Crippen molar-refractivity contribution in [2.24, 2.45) is 0 Å². The number of nitrogens with zero attached hydrogens (tertiary/aromatic N) is 1.